The molecule has 1 aromatic carbocycles. The zero-order chi connectivity index (χ0) is 19.5. The molecule has 0 atom stereocenters. The molecule has 148 valence electrons. The summed E-state index contributed by atoms with van der Waals surface area (Å²) in [6.07, 6.45) is 0.906. The van der Waals surface area contributed by atoms with Crippen molar-refractivity contribution < 1.29 is 9.18 Å². The largest absolute Gasteiger partial charge is 0.366 e. The lowest BCUT2D eigenvalue weighted by atomic mass is 10.2. The van der Waals surface area contributed by atoms with Crippen molar-refractivity contribution in [1.82, 2.24) is 14.9 Å². The van der Waals surface area contributed by atoms with Gasteiger partial charge in [-0.05, 0) is 19.1 Å². The predicted molar refractivity (Wildman–Crippen MR) is 107 cm³/mol. The topological polar surface area (TPSA) is 55.8 Å². The molecule has 0 saturated carbocycles. The minimum absolute atomic E-state index is 0.181. The average molecular weight is 384 g/mol. The Kier molecular flexibility index (Phi) is 5.27. The van der Waals surface area contributed by atoms with Gasteiger partial charge in [0.1, 0.15) is 11.6 Å². The van der Waals surface area contributed by atoms with Gasteiger partial charge in [-0.15, -0.1) is 0 Å². The van der Waals surface area contributed by atoms with E-state index in [1.807, 2.05) is 25.1 Å². The third-order valence-corrected chi connectivity index (χ3v) is 5.37. The van der Waals surface area contributed by atoms with E-state index in [0.717, 1.165) is 63.1 Å². The van der Waals surface area contributed by atoms with Gasteiger partial charge in [-0.2, -0.15) is 4.98 Å². The number of anilines is 3. The molecule has 0 N–H and O–H groups in total. The molecule has 0 unspecified atom stereocenters. The Morgan fingerprint density at radius 1 is 0.893 bits per heavy atom. The van der Waals surface area contributed by atoms with Gasteiger partial charge >= 0.3 is 0 Å². The van der Waals surface area contributed by atoms with Gasteiger partial charge in [-0.25, -0.2) is 9.37 Å². The zero-order valence-electron chi connectivity index (χ0n) is 16.1. The number of halogens is 1. The summed E-state index contributed by atoms with van der Waals surface area (Å²) in [6, 6.07) is 8.90. The Bertz CT molecular complexity index is 831. The normalized spacial score (nSPS) is 17.8. The second-order valence-electron chi connectivity index (χ2n) is 7.22. The molecule has 2 aliphatic rings. The van der Waals surface area contributed by atoms with Crippen molar-refractivity contribution in [2.75, 3.05) is 67.1 Å². The maximum atomic E-state index is 14.0. The van der Waals surface area contributed by atoms with Crippen LogP contribution in [-0.2, 0) is 4.79 Å². The minimum atomic E-state index is -0.181. The van der Waals surface area contributed by atoms with Gasteiger partial charge < -0.3 is 19.6 Å². The molecule has 2 aliphatic heterocycles. The SMILES string of the molecule is Cc1cc(N2CCN(C=O)CC2)nc(N2CCN(c3ccccc3F)CC2)n1. The third kappa shape index (κ3) is 3.85. The van der Waals surface area contributed by atoms with Crippen LogP contribution in [0.25, 0.3) is 0 Å². The summed E-state index contributed by atoms with van der Waals surface area (Å²) < 4.78 is 14.0. The van der Waals surface area contributed by atoms with E-state index in [0.29, 0.717) is 18.8 Å². The van der Waals surface area contributed by atoms with Crippen molar-refractivity contribution in [2.24, 2.45) is 0 Å². The number of aromatic nitrogens is 2. The number of rotatable bonds is 4. The van der Waals surface area contributed by atoms with Crippen molar-refractivity contribution in [2.45, 2.75) is 6.92 Å². The summed E-state index contributed by atoms with van der Waals surface area (Å²) in [7, 11) is 0. The van der Waals surface area contributed by atoms with E-state index in [2.05, 4.69) is 19.7 Å². The van der Waals surface area contributed by atoms with Crippen LogP contribution in [0.2, 0.25) is 0 Å². The number of para-hydroxylation sites is 1. The van der Waals surface area contributed by atoms with E-state index in [1.54, 1.807) is 11.0 Å². The van der Waals surface area contributed by atoms with Crippen molar-refractivity contribution in [3.8, 4) is 0 Å². The van der Waals surface area contributed by atoms with Crippen LogP contribution in [0.15, 0.2) is 30.3 Å². The van der Waals surface area contributed by atoms with E-state index in [4.69, 9.17) is 4.98 Å². The number of amides is 1. The van der Waals surface area contributed by atoms with Crippen LogP contribution >= 0.6 is 0 Å². The Hall–Kier alpha value is -2.90. The van der Waals surface area contributed by atoms with Gasteiger partial charge in [0.2, 0.25) is 12.4 Å². The zero-order valence-corrected chi connectivity index (χ0v) is 16.1. The van der Waals surface area contributed by atoms with E-state index in [-0.39, 0.29) is 5.82 Å². The molecule has 0 radical (unpaired) electrons. The second kappa shape index (κ2) is 8.00. The number of nitrogens with zero attached hydrogens (tertiary/aromatic N) is 6. The highest BCUT2D eigenvalue weighted by molar-refractivity contribution is 5.52. The van der Waals surface area contributed by atoms with Crippen molar-refractivity contribution in [1.29, 1.82) is 0 Å². The summed E-state index contributed by atoms with van der Waals surface area (Å²) in [5, 5.41) is 0. The molecule has 0 spiro atoms. The molecule has 7 nitrogen and oxygen atoms in total. The Labute approximate surface area is 164 Å². The van der Waals surface area contributed by atoms with Crippen LogP contribution in [0.5, 0.6) is 0 Å². The summed E-state index contributed by atoms with van der Waals surface area (Å²) in [4.78, 5) is 28.6. The third-order valence-electron chi connectivity index (χ3n) is 5.37. The molecule has 1 amide bonds. The molecule has 4 rings (SSSR count). The second-order valence-corrected chi connectivity index (χ2v) is 7.22. The number of hydrogen-bond donors (Lipinski definition) is 0. The first-order chi connectivity index (χ1) is 13.6. The van der Waals surface area contributed by atoms with Gasteiger partial charge in [-0.3, -0.25) is 4.79 Å². The Balaban J connectivity index is 1.45. The summed E-state index contributed by atoms with van der Waals surface area (Å²) in [6.45, 7) is 7.90. The molecule has 1 aromatic heterocycles. The molecule has 8 heteroatoms. The number of carbonyl (C=O) groups is 1. The van der Waals surface area contributed by atoms with Crippen LogP contribution in [0.4, 0.5) is 21.8 Å². The first-order valence-corrected chi connectivity index (χ1v) is 9.68. The fraction of sp³-hybridized carbons (Fsp3) is 0.450. The number of benzene rings is 1. The first-order valence-electron chi connectivity index (χ1n) is 9.68. The minimum Gasteiger partial charge on any atom is -0.366 e. The highest BCUT2D eigenvalue weighted by Crippen LogP contribution is 2.23. The summed E-state index contributed by atoms with van der Waals surface area (Å²) in [5.41, 5.74) is 1.58. The van der Waals surface area contributed by atoms with Crippen molar-refractivity contribution in [3.05, 3.63) is 41.8 Å². The molecular formula is C20H25FN6O. The number of piperazine rings is 2. The first kappa shape index (κ1) is 18.5. The summed E-state index contributed by atoms with van der Waals surface area (Å²) in [5.74, 6) is 1.45. The van der Waals surface area contributed by atoms with Gasteiger partial charge in [0.05, 0.1) is 5.69 Å². The van der Waals surface area contributed by atoms with E-state index in [1.165, 1.54) is 6.07 Å². The van der Waals surface area contributed by atoms with Gasteiger partial charge in [-0.1, -0.05) is 12.1 Å². The number of aryl methyl sites for hydroxylation is 1. The van der Waals surface area contributed by atoms with Crippen LogP contribution in [0, 0.1) is 12.7 Å². The van der Waals surface area contributed by atoms with Crippen LogP contribution in [-0.4, -0.2) is 73.6 Å². The lowest BCUT2D eigenvalue weighted by Gasteiger charge is -2.37. The monoisotopic (exact) mass is 384 g/mol. The van der Waals surface area contributed by atoms with Gasteiger partial charge in [0.25, 0.3) is 0 Å². The highest BCUT2D eigenvalue weighted by Gasteiger charge is 2.23. The van der Waals surface area contributed by atoms with Crippen molar-refractivity contribution >= 4 is 23.9 Å². The molecule has 2 saturated heterocycles. The fourth-order valence-electron chi connectivity index (χ4n) is 3.75. The number of hydrogen-bond acceptors (Lipinski definition) is 6. The maximum Gasteiger partial charge on any atom is 0.227 e. The smallest absolute Gasteiger partial charge is 0.227 e. The quantitative estimate of drug-likeness (QED) is 0.746. The lowest BCUT2D eigenvalue weighted by Crippen LogP contribution is -2.48. The lowest BCUT2D eigenvalue weighted by molar-refractivity contribution is -0.118. The predicted octanol–water partition coefficient (Wildman–Crippen LogP) is 1.53. The average Bonchev–Trinajstić information content (AvgIpc) is 2.74. The van der Waals surface area contributed by atoms with Gasteiger partial charge in [0.15, 0.2) is 0 Å². The van der Waals surface area contributed by atoms with Crippen molar-refractivity contribution in [3.63, 3.8) is 0 Å². The standard InChI is InChI=1S/C20H25FN6O/c1-16-14-19(26-8-6-24(15-28)7-9-26)23-20(22-16)27-12-10-25(11-13-27)18-5-3-2-4-17(18)21/h2-5,14-15H,6-13H2,1H3. The molecule has 0 aliphatic carbocycles. The van der Waals surface area contributed by atoms with Crippen LogP contribution in [0.1, 0.15) is 5.69 Å². The molecule has 2 fully saturated rings. The molecule has 3 heterocycles. The van der Waals surface area contributed by atoms with Crippen LogP contribution < -0.4 is 14.7 Å². The van der Waals surface area contributed by atoms with Gasteiger partial charge in [0, 0.05) is 64.1 Å². The molecule has 2 aromatic rings. The summed E-state index contributed by atoms with van der Waals surface area (Å²) >= 11 is 0. The van der Waals surface area contributed by atoms with E-state index in [9.17, 15) is 9.18 Å². The molecule has 0 bridgehead atoms. The molecule has 28 heavy (non-hydrogen) atoms. The maximum absolute atomic E-state index is 14.0. The molecular weight excluding hydrogens is 359 g/mol. The van der Waals surface area contributed by atoms with E-state index >= 15 is 0 Å². The Morgan fingerprint density at radius 2 is 1.54 bits per heavy atom. The Morgan fingerprint density at radius 3 is 2.21 bits per heavy atom. The van der Waals surface area contributed by atoms with E-state index < -0.39 is 0 Å². The highest BCUT2D eigenvalue weighted by atomic mass is 19.1. The van der Waals surface area contributed by atoms with Crippen LogP contribution in [0.3, 0.4) is 0 Å². The fourth-order valence-corrected chi connectivity index (χ4v) is 3.75. The number of carbonyl (C=O) groups excluding carboxylic acids is 1.